The van der Waals surface area contributed by atoms with Crippen LogP contribution in [0, 0.1) is 11.8 Å². The van der Waals surface area contributed by atoms with Gasteiger partial charge in [-0.1, -0.05) is 49.7 Å². The number of hydrogen-bond acceptors (Lipinski definition) is 2. The normalized spacial score (nSPS) is 16.4. The predicted molar refractivity (Wildman–Crippen MR) is 92.4 cm³/mol. The largest absolute Gasteiger partial charge is 0.367 e. The van der Waals surface area contributed by atoms with Gasteiger partial charge in [-0.05, 0) is 52.4 Å². The third-order valence-electron chi connectivity index (χ3n) is 3.81. The first-order valence-electron chi connectivity index (χ1n) is 6.89. The van der Waals surface area contributed by atoms with Crippen molar-refractivity contribution in [1.82, 2.24) is 0 Å². The van der Waals surface area contributed by atoms with E-state index < -0.39 is 11.7 Å². The van der Waals surface area contributed by atoms with Crippen molar-refractivity contribution in [2.45, 2.75) is 32.5 Å². The van der Waals surface area contributed by atoms with E-state index in [1.165, 1.54) is 0 Å². The van der Waals surface area contributed by atoms with E-state index in [-0.39, 0.29) is 11.8 Å². The summed E-state index contributed by atoms with van der Waals surface area (Å²) < 4.78 is 0.773. The molecule has 1 aromatic carbocycles. The van der Waals surface area contributed by atoms with Crippen LogP contribution in [0.3, 0.4) is 0 Å². The maximum Gasteiger partial charge on any atom is 0.165 e. The zero-order chi connectivity index (χ0) is 16.2. The molecule has 4 heteroatoms. The summed E-state index contributed by atoms with van der Waals surface area (Å²) >= 11 is 9.55. The molecule has 0 heterocycles. The van der Waals surface area contributed by atoms with Crippen LogP contribution in [-0.2, 0) is 5.41 Å². The minimum atomic E-state index is -1.56. The molecule has 0 saturated carbocycles. The van der Waals surface area contributed by atoms with Gasteiger partial charge in [0.05, 0.1) is 10.4 Å². The van der Waals surface area contributed by atoms with Crippen molar-refractivity contribution in [2.75, 3.05) is 0 Å². The van der Waals surface area contributed by atoms with Crippen LogP contribution in [0.4, 0.5) is 0 Å². The fourth-order valence-electron chi connectivity index (χ4n) is 2.87. The van der Waals surface area contributed by atoms with E-state index in [1.54, 1.807) is 12.1 Å². The number of rotatable bonds is 6. The molecule has 0 saturated heterocycles. The Bertz CT molecular complexity index is 526. The summed E-state index contributed by atoms with van der Waals surface area (Å²) in [5.74, 6) is 0.0360. The lowest BCUT2D eigenvalue weighted by Crippen LogP contribution is -2.46. The molecule has 0 aromatic heterocycles. The van der Waals surface area contributed by atoms with Crippen LogP contribution < -0.4 is 0 Å². The van der Waals surface area contributed by atoms with Crippen LogP contribution in [0.15, 0.2) is 47.5 Å². The van der Waals surface area contributed by atoms with E-state index in [4.69, 9.17) is 11.6 Å². The fourth-order valence-corrected chi connectivity index (χ4v) is 3.29. The van der Waals surface area contributed by atoms with Crippen molar-refractivity contribution in [2.24, 2.45) is 11.8 Å². The summed E-state index contributed by atoms with van der Waals surface area (Å²) in [6.07, 6.45) is 3.87. The molecule has 0 aliphatic carbocycles. The Morgan fingerprint density at radius 3 is 2.33 bits per heavy atom. The summed E-state index contributed by atoms with van der Waals surface area (Å²) in [4.78, 5) is 0. The van der Waals surface area contributed by atoms with Gasteiger partial charge in [0.2, 0.25) is 0 Å². The Kier molecular flexibility index (Phi) is 6.67. The number of benzene rings is 1. The standard InChI is InChI=1S/C17H22BrClO2/c1-5-9-17(16(20)21,13(6-2)11(3)4)12-7-8-14(18)15(19)10-12/h5-11,13,16,20-21H,2H2,1,3-4H3. The van der Waals surface area contributed by atoms with Gasteiger partial charge >= 0.3 is 0 Å². The van der Waals surface area contributed by atoms with Crippen molar-refractivity contribution in [3.63, 3.8) is 0 Å². The van der Waals surface area contributed by atoms with Gasteiger partial charge in [0.15, 0.2) is 6.29 Å². The van der Waals surface area contributed by atoms with E-state index in [9.17, 15) is 10.2 Å². The Balaban J connectivity index is 3.63. The van der Waals surface area contributed by atoms with E-state index in [2.05, 4.69) is 22.5 Å². The topological polar surface area (TPSA) is 40.5 Å². The third-order valence-corrected chi connectivity index (χ3v) is 5.05. The van der Waals surface area contributed by atoms with Gasteiger partial charge in [-0.3, -0.25) is 0 Å². The summed E-state index contributed by atoms with van der Waals surface area (Å²) in [6, 6.07) is 5.44. The van der Waals surface area contributed by atoms with Gasteiger partial charge in [-0.2, -0.15) is 0 Å². The van der Waals surface area contributed by atoms with E-state index in [1.807, 2.05) is 45.1 Å². The zero-order valence-corrected chi connectivity index (χ0v) is 14.9. The van der Waals surface area contributed by atoms with Gasteiger partial charge in [0.1, 0.15) is 0 Å². The number of hydrogen-bond donors (Lipinski definition) is 2. The first kappa shape index (κ1) is 18.4. The summed E-state index contributed by atoms with van der Waals surface area (Å²) in [5.41, 5.74) is -0.225. The fraction of sp³-hybridized carbons (Fsp3) is 0.412. The van der Waals surface area contributed by atoms with Gasteiger partial charge in [0, 0.05) is 4.47 Å². The van der Waals surface area contributed by atoms with Crippen LogP contribution in [-0.4, -0.2) is 16.5 Å². The highest BCUT2D eigenvalue weighted by atomic mass is 79.9. The molecule has 1 rings (SSSR count). The second-order valence-corrected chi connectivity index (χ2v) is 6.70. The molecule has 2 nitrogen and oxygen atoms in total. The van der Waals surface area contributed by atoms with Crippen LogP contribution in [0.25, 0.3) is 0 Å². The Morgan fingerprint density at radius 1 is 1.33 bits per heavy atom. The molecule has 0 bridgehead atoms. The van der Waals surface area contributed by atoms with Gasteiger partial charge in [0.25, 0.3) is 0 Å². The lowest BCUT2D eigenvalue weighted by molar-refractivity contribution is -0.101. The molecule has 0 radical (unpaired) electrons. The van der Waals surface area contributed by atoms with Crippen LogP contribution in [0.1, 0.15) is 26.3 Å². The second-order valence-electron chi connectivity index (χ2n) is 5.44. The van der Waals surface area contributed by atoms with Gasteiger partial charge < -0.3 is 10.2 Å². The maximum absolute atomic E-state index is 10.2. The smallest absolute Gasteiger partial charge is 0.165 e. The van der Waals surface area contributed by atoms with Crippen molar-refractivity contribution in [3.8, 4) is 0 Å². The Hall–Kier alpha value is -0.610. The molecule has 116 valence electrons. The highest BCUT2D eigenvalue weighted by Crippen LogP contribution is 2.43. The lowest BCUT2D eigenvalue weighted by atomic mass is 9.65. The van der Waals surface area contributed by atoms with E-state index in [0.29, 0.717) is 5.02 Å². The molecule has 2 N–H and O–H groups in total. The summed E-state index contributed by atoms with van der Waals surface area (Å²) in [6.45, 7) is 9.81. The first-order chi connectivity index (χ1) is 9.81. The molecule has 2 atom stereocenters. The van der Waals surface area contributed by atoms with Crippen molar-refractivity contribution < 1.29 is 10.2 Å². The third kappa shape index (κ3) is 3.59. The summed E-state index contributed by atoms with van der Waals surface area (Å²) in [5, 5.41) is 20.9. The van der Waals surface area contributed by atoms with Gasteiger partial charge in [-0.25, -0.2) is 0 Å². The average molecular weight is 374 g/mol. The van der Waals surface area contributed by atoms with Crippen molar-refractivity contribution in [1.29, 1.82) is 0 Å². The molecule has 0 fully saturated rings. The molecule has 2 unspecified atom stereocenters. The molecular weight excluding hydrogens is 352 g/mol. The number of aliphatic hydroxyl groups excluding tert-OH is 1. The summed E-state index contributed by atoms with van der Waals surface area (Å²) in [7, 11) is 0. The second kappa shape index (κ2) is 7.59. The molecular formula is C17H22BrClO2. The SMILES string of the molecule is C=CC(C(C)C)C(C=CC)(c1ccc(Br)c(Cl)c1)C(O)O. The van der Waals surface area contributed by atoms with Crippen molar-refractivity contribution >= 4 is 27.5 Å². The predicted octanol–water partition coefficient (Wildman–Crippen LogP) is 4.69. The lowest BCUT2D eigenvalue weighted by Gasteiger charge is -2.41. The highest BCUT2D eigenvalue weighted by molar-refractivity contribution is 9.10. The highest BCUT2D eigenvalue weighted by Gasteiger charge is 2.44. The van der Waals surface area contributed by atoms with Gasteiger partial charge in [-0.15, -0.1) is 6.58 Å². The molecule has 0 spiro atoms. The maximum atomic E-state index is 10.2. The molecule has 0 aliphatic heterocycles. The molecule has 21 heavy (non-hydrogen) atoms. The average Bonchev–Trinajstić information content (AvgIpc) is 2.40. The first-order valence-corrected chi connectivity index (χ1v) is 8.06. The van der Waals surface area contributed by atoms with Crippen LogP contribution in [0.5, 0.6) is 0 Å². The van der Waals surface area contributed by atoms with Crippen LogP contribution >= 0.6 is 27.5 Å². The Morgan fingerprint density at radius 2 is 1.95 bits per heavy atom. The monoisotopic (exact) mass is 372 g/mol. The van der Waals surface area contributed by atoms with Crippen LogP contribution in [0.2, 0.25) is 5.02 Å². The zero-order valence-electron chi connectivity index (χ0n) is 12.6. The minimum Gasteiger partial charge on any atom is -0.367 e. The minimum absolute atomic E-state index is 0.147. The number of aliphatic hydroxyl groups is 2. The van der Waals surface area contributed by atoms with E-state index in [0.717, 1.165) is 10.0 Å². The number of allylic oxidation sites excluding steroid dienone is 2. The van der Waals surface area contributed by atoms with E-state index >= 15 is 0 Å². The molecule has 1 aromatic rings. The molecule has 0 amide bonds. The number of halogens is 2. The Labute approximate surface area is 140 Å². The molecule has 0 aliphatic rings. The quantitative estimate of drug-likeness (QED) is 0.561. The van der Waals surface area contributed by atoms with Crippen molar-refractivity contribution in [3.05, 3.63) is 58.1 Å².